The van der Waals surface area contributed by atoms with Crippen LogP contribution < -0.4 is 0 Å². The Bertz CT molecular complexity index is 2140. The average Bonchev–Trinajstić information content (AvgIpc) is 3.89. The Kier molecular flexibility index (Phi) is 11.3. The maximum absolute atomic E-state index is 2.77. The maximum atomic E-state index is 2.77. The Morgan fingerprint density at radius 2 is 0.561 bits per heavy atom. The van der Waals surface area contributed by atoms with Crippen molar-refractivity contribution in [1.29, 1.82) is 0 Å². The van der Waals surface area contributed by atoms with E-state index in [9.17, 15) is 0 Å². The van der Waals surface area contributed by atoms with Crippen molar-refractivity contribution in [2.75, 3.05) is 58.9 Å². The third-order valence-electron chi connectivity index (χ3n) is 14.3. The molecular formula is C51H66N6. The second kappa shape index (κ2) is 17.2. The number of aromatic nitrogens is 3. The van der Waals surface area contributed by atoms with E-state index in [0.717, 1.165) is 19.6 Å². The molecule has 3 aromatic heterocycles. The zero-order chi connectivity index (χ0) is 38.0. The highest BCUT2D eigenvalue weighted by Gasteiger charge is 2.27. The van der Waals surface area contributed by atoms with Crippen LogP contribution in [-0.2, 0) is 19.6 Å². The molecule has 3 aliphatic heterocycles. The minimum atomic E-state index is 1.06. The SMILES string of the molecule is c1ccc2c(c1)c1c(c3c4ccccc4n(CCCCN4CCCCC4)c3c3c4ccccc4n(CCCCN4CCCCC4)c13)n2CCCCN1CCCCC1. The second-order valence-electron chi connectivity index (χ2n) is 18.0. The quantitative estimate of drug-likeness (QED) is 0.0973. The van der Waals surface area contributed by atoms with Crippen molar-refractivity contribution in [3.63, 3.8) is 0 Å². The van der Waals surface area contributed by atoms with Crippen LogP contribution in [0.5, 0.6) is 0 Å². The molecular weight excluding hydrogens is 697 g/mol. The zero-order valence-electron chi connectivity index (χ0n) is 34.7. The molecule has 0 saturated carbocycles. The molecule has 57 heavy (non-hydrogen) atoms. The summed E-state index contributed by atoms with van der Waals surface area (Å²) in [5.74, 6) is 0. The van der Waals surface area contributed by atoms with Crippen LogP contribution >= 0.6 is 0 Å². The van der Waals surface area contributed by atoms with Gasteiger partial charge in [0.1, 0.15) is 0 Å². The van der Waals surface area contributed by atoms with Crippen molar-refractivity contribution in [1.82, 2.24) is 28.4 Å². The molecule has 6 heteroatoms. The average molecular weight is 763 g/mol. The fraction of sp³-hybridized carbons (Fsp3) is 0.529. The number of hydrogen-bond acceptors (Lipinski definition) is 3. The number of nitrogens with zero attached hydrogens (tertiary/aromatic N) is 6. The van der Waals surface area contributed by atoms with E-state index < -0.39 is 0 Å². The van der Waals surface area contributed by atoms with Gasteiger partial charge < -0.3 is 28.4 Å². The van der Waals surface area contributed by atoms with E-state index in [0.29, 0.717) is 0 Å². The number of piperidine rings is 3. The molecule has 3 aliphatic rings. The van der Waals surface area contributed by atoms with Crippen LogP contribution in [0.4, 0.5) is 0 Å². The molecule has 7 aromatic rings. The zero-order valence-corrected chi connectivity index (χ0v) is 34.7. The first-order chi connectivity index (χ1) is 28.3. The fourth-order valence-corrected chi connectivity index (χ4v) is 11.5. The van der Waals surface area contributed by atoms with Crippen molar-refractivity contribution < 1.29 is 0 Å². The smallest absolute Gasteiger partial charge is 0.0614 e. The summed E-state index contributed by atoms with van der Waals surface area (Å²) in [6.07, 6.45) is 19.8. The van der Waals surface area contributed by atoms with Gasteiger partial charge >= 0.3 is 0 Å². The molecule has 4 aromatic carbocycles. The van der Waals surface area contributed by atoms with E-state index in [1.54, 1.807) is 0 Å². The minimum absolute atomic E-state index is 1.06. The number of rotatable bonds is 15. The van der Waals surface area contributed by atoms with Gasteiger partial charge in [-0.1, -0.05) is 73.9 Å². The van der Waals surface area contributed by atoms with Crippen LogP contribution in [0.3, 0.4) is 0 Å². The van der Waals surface area contributed by atoms with E-state index in [4.69, 9.17) is 0 Å². The summed E-state index contributed by atoms with van der Waals surface area (Å²) in [5.41, 5.74) is 8.62. The van der Waals surface area contributed by atoms with E-state index in [1.165, 1.54) is 221 Å². The highest BCUT2D eigenvalue weighted by Crippen LogP contribution is 2.48. The predicted molar refractivity (Wildman–Crippen MR) is 244 cm³/mol. The summed E-state index contributed by atoms with van der Waals surface area (Å²) in [7, 11) is 0. The molecule has 0 amide bonds. The Morgan fingerprint density at radius 3 is 0.860 bits per heavy atom. The van der Waals surface area contributed by atoms with Crippen molar-refractivity contribution >= 4 is 65.4 Å². The third kappa shape index (κ3) is 7.29. The standard InChI is InChI=1S/C51H66N6/c1-10-28-52(29-11-1)34-16-19-37-55-43-25-7-4-22-40(43)46-49(55)47-41-23-5-8-26-44(41)56(38-20-17-35-53-30-12-2-13-31-53)51(47)48-42-24-6-9-27-45(42)57(50(46)48)39-21-18-36-54-32-14-3-15-33-54/h4-9,22-27H,1-3,10-21,28-39H2. The van der Waals surface area contributed by atoms with E-state index >= 15 is 0 Å². The molecule has 0 radical (unpaired) electrons. The molecule has 6 heterocycles. The van der Waals surface area contributed by atoms with E-state index in [-0.39, 0.29) is 0 Å². The van der Waals surface area contributed by atoms with Crippen LogP contribution in [0.1, 0.15) is 96.3 Å². The van der Waals surface area contributed by atoms with Crippen LogP contribution in [0, 0.1) is 0 Å². The van der Waals surface area contributed by atoms with Gasteiger partial charge in [-0.05, 0) is 154 Å². The van der Waals surface area contributed by atoms with Crippen molar-refractivity contribution in [3.8, 4) is 0 Å². The van der Waals surface area contributed by atoms with Gasteiger partial charge in [-0.25, -0.2) is 0 Å². The summed E-state index contributed by atoms with van der Waals surface area (Å²) >= 11 is 0. The lowest BCUT2D eigenvalue weighted by Crippen LogP contribution is -2.30. The van der Waals surface area contributed by atoms with Gasteiger partial charge in [0, 0.05) is 68.5 Å². The highest BCUT2D eigenvalue weighted by atomic mass is 15.1. The molecule has 0 atom stereocenters. The molecule has 0 unspecified atom stereocenters. The van der Waals surface area contributed by atoms with Crippen LogP contribution in [0.2, 0.25) is 0 Å². The van der Waals surface area contributed by atoms with Gasteiger partial charge in [0.15, 0.2) is 0 Å². The Morgan fingerprint density at radius 1 is 0.298 bits per heavy atom. The lowest BCUT2D eigenvalue weighted by molar-refractivity contribution is 0.224. The predicted octanol–water partition coefficient (Wildman–Crippen LogP) is 11.8. The number of benzene rings is 4. The number of unbranched alkanes of at least 4 members (excludes halogenated alkanes) is 3. The molecule has 6 nitrogen and oxygen atoms in total. The minimum Gasteiger partial charge on any atom is -0.340 e. The highest BCUT2D eigenvalue weighted by molar-refractivity contribution is 6.39. The van der Waals surface area contributed by atoms with Crippen molar-refractivity contribution in [2.45, 2.75) is 116 Å². The number of likely N-dealkylation sites (tertiary alicyclic amines) is 3. The first-order valence-corrected chi connectivity index (χ1v) is 23.4. The van der Waals surface area contributed by atoms with E-state index in [2.05, 4.69) is 101 Å². The lowest BCUT2D eigenvalue weighted by atomic mass is 10.0. The number of para-hydroxylation sites is 3. The molecule has 0 bridgehead atoms. The molecule has 0 N–H and O–H groups in total. The Balaban J connectivity index is 1.14. The largest absolute Gasteiger partial charge is 0.340 e. The Hall–Kier alpha value is -3.84. The molecule has 0 aliphatic carbocycles. The summed E-state index contributed by atoms with van der Waals surface area (Å²) in [6.45, 7) is 14.6. The van der Waals surface area contributed by atoms with Gasteiger partial charge in [-0.15, -0.1) is 0 Å². The maximum Gasteiger partial charge on any atom is 0.0614 e. The molecule has 0 spiro atoms. The Labute approximate surface area is 340 Å². The monoisotopic (exact) mass is 763 g/mol. The van der Waals surface area contributed by atoms with Gasteiger partial charge in [-0.2, -0.15) is 0 Å². The summed E-state index contributed by atoms with van der Waals surface area (Å²) in [4.78, 5) is 8.17. The topological polar surface area (TPSA) is 24.5 Å². The fourth-order valence-electron chi connectivity index (χ4n) is 11.5. The van der Waals surface area contributed by atoms with Crippen LogP contribution in [-0.4, -0.2) is 87.3 Å². The second-order valence-corrected chi connectivity index (χ2v) is 18.0. The van der Waals surface area contributed by atoms with Crippen molar-refractivity contribution in [2.24, 2.45) is 0 Å². The summed E-state index contributed by atoms with van der Waals surface area (Å²) < 4.78 is 8.32. The summed E-state index contributed by atoms with van der Waals surface area (Å²) in [6, 6.07) is 28.3. The van der Waals surface area contributed by atoms with Gasteiger partial charge in [0.2, 0.25) is 0 Å². The number of aryl methyl sites for hydroxylation is 3. The molecule has 10 rings (SSSR count). The van der Waals surface area contributed by atoms with Gasteiger partial charge in [-0.3, -0.25) is 0 Å². The van der Waals surface area contributed by atoms with Crippen molar-refractivity contribution in [3.05, 3.63) is 72.8 Å². The first-order valence-electron chi connectivity index (χ1n) is 23.4. The van der Waals surface area contributed by atoms with Crippen LogP contribution in [0.15, 0.2) is 72.8 Å². The molecule has 3 saturated heterocycles. The number of fused-ring (bicyclic) bond motifs is 12. The molecule has 300 valence electrons. The lowest BCUT2D eigenvalue weighted by Gasteiger charge is -2.26. The molecule has 3 fully saturated rings. The number of hydrogen-bond donors (Lipinski definition) is 0. The normalized spacial score (nSPS) is 18.1. The third-order valence-corrected chi connectivity index (χ3v) is 14.3. The van der Waals surface area contributed by atoms with Crippen LogP contribution in [0.25, 0.3) is 65.4 Å². The van der Waals surface area contributed by atoms with Gasteiger partial charge in [0.25, 0.3) is 0 Å². The summed E-state index contributed by atoms with van der Waals surface area (Å²) in [5, 5.41) is 8.70. The first kappa shape index (κ1) is 37.4. The van der Waals surface area contributed by atoms with E-state index in [1.807, 2.05) is 0 Å². The van der Waals surface area contributed by atoms with Gasteiger partial charge in [0.05, 0.1) is 16.6 Å².